The lowest BCUT2D eigenvalue weighted by Gasteiger charge is -2.29. The van der Waals surface area contributed by atoms with Crippen LogP contribution in [0.1, 0.15) is 68.6 Å². The average Bonchev–Trinajstić information content (AvgIpc) is 2.56. The number of benzene rings is 1. The number of rotatable bonds is 3. The Morgan fingerprint density at radius 3 is 2.19 bits per heavy atom. The zero-order chi connectivity index (χ0) is 14.7. The molecule has 0 N–H and O–H groups in total. The van der Waals surface area contributed by atoms with Crippen LogP contribution in [0.25, 0.3) is 0 Å². The van der Waals surface area contributed by atoms with Gasteiger partial charge in [-0.2, -0.15) is 0 Å². The summed E-state index contributed by atoms with van der Waals surface area (Å²) < 4.78 is 5.98. The van der Waals surface area contributed by atoms with Crippen molar-refractivity contribution in [2.75, 3.05) is 6.61 Å². The summed E-state index contributed by atoms with van der Waals surface area (Å²) in [5.41, 5.74) is 2.89. The molecule has 2 aliphatic rings. The maximum Gasteiger partial charge on any atom is 0.0825 e. The SMILES string of the molecule is C=CC1CCC(c2ccc(C3CCC(C)CO3)cc2)CC1. The Kier molecular flexibility index (Phi) is 4.80. The minimum absolute atomic E-state index is 0.326. The number of allylic oxidation sites excluding steroid dienone is 1. The first kappa shape index (κ1) is 14.8. The highest BCUT2D eigenvalue weighted by atomic mass is 16.5. The van der Waals surface area contributed by atoms with Gasteiger partial charge >= 0.3 is 0 Å². The van der Waals surface area contributed by atoms with Crippen molar-refractivity contribution in [2.24, 2.45) is 11.8 Å². The molecular formula is C20H28O. The van der Waals surface area contributed by atoms with Gasteiger partial charge in [-0.25, -0.2) is 0 Å². The Hall–Kier alpha value is -1.08. The second-order valence-electron chi connectivity index (χ2n) is 7.02. The summed E-state index contributed by atoms with van der Waals surface area (Å²) >= 11 is 0. The summed E-state index contributed by atoms with van der Waals surface area (Å²) in [6.45, 7) is 7.13. The van der Waals surface area contributed by atoms with Gasteiger partial charge in [0.1, 0.15) is 0 Å². The van der Waals surface area contributed by atoms with Crippen molar-refractivity contribution in [3.63, 3.8) is 0 Å². The minimum atomic E-state index is 0.326. The molecule has 3 rings (SSSR count). The van der Waals surface area contributed by atoms with Crippen molar-refractivity contribution >= 4 is 0 Å². The summed E-state index contributed by atoms with van der Waals surface area (Å²) in [7, 11) is 0. The minimum Gasteiger partial charge on any atom is -0.373 e. The van der Waals surface area contributed by atoms with Crippen molar-refractivity contribution in [1.29, 1.82) is 0 Å². The molecule has 1 aliphatic heterocycles. The first-order valence-corrected chi connectivity index (χ1v) is 8.60. The lowest BCUT2D eigenvalue weighted by atomic mass is 9.78. The molecule has 21 heavy (non-hydrogen) atoms. The summed E-state index contributed by atoms with van der Waals surface area (Å²) in [6.07, 6.45) is 10.2. The van der Waals surface area contributed by atoms with Gasteiger partial charge < -0.3 is 4.74 Å². The molecule has 0 spiro atoms. The van der Waals surface area contributed by atoms with Crippen molar-refractivity contribution < 1.29 is 4.74 Å². The third kappa shape index (κ3) is 3.58. The molecule has 1 heteroatoms. The van der Waals surface area contributed by atoms with Gasteiger partial charge in [0.25, 0.3) is 0 Å². The van der Waals surface area contributed by atoms with E-state index in [9.17, 15) is 0 Å². The molecule has 1 nitrogen and oxygen atoms in total. The topological polar surface area (TPSA) is 9.23 Å². The molecule has 1 aliphatic carbocycles. The molecule has 1 heterocycles. The molecule has 114 valence electrons. The van der Waals surface area contributed by atoms with Gasteiger partial charge in [-0.05, 0) is 67.4 Å². The van der Waals surface area contributed by atoms with E-state index in [2.05, 4.69) is 43.8 Å². The fourth-order valence-electron chi connectivity index (χ4n) is 3.82. The van der Waals surface area contributed by atoms with E-state index in [4.69, 9.17) is 4.74 Å². The van der Waals surface area contributed by atoms with Crippen molar-refractivity contribution in [1.82, 2.24) is 0 Å². The molecule has 2 fully saturated rings. The van der Waals surface area contributed by atoms with E-state index in [-0.39, 0.29) is 0 Å². The molecule has 0 radical (unpaired) electrons. The normalized spacial score (nSPS) is 33.6. The predicted molar refractivity (Wildman–Crippen MR) is 88.4 cm³/mol. The molecule has 1 saturated heterocycles. The van der Waals surface area contributed by atoms with Gasteiger partial charge in [-0.15, -0.1) is 6.58 Å². The fourth-order valence-corrected chi connectivity index (χ4v) is 3.82. The van der Waals surface area contributed by atoms with E-state index >= 15 is 0 Å². The van der Waals surface area contributed by atoms with Gasteiger partial charge in [0, 0.05) is 6.61 Å². The highest BCUT2D eigenvalue weighted by Gasteiger charge is 2.22. The Morgan fingerprint density at radius 1 is 0.952 bits per heavy atom. The average molecular weight is 284 g/mol. The van der Waals surface area contributed by atoms with Gasteiger partial charge in [0.05, 0.1) is 6.10 Å². The summed E-state index contributed by atoms with van der Waals surface area (Å²) in [6, 6.07) is 9.29. The first-order valence-electron chi connectivity index (χ1n) is 8.60. The molecule has 0 amide bonds. The van der Waals surface area contributed by atoms with Crippen LogP contribution in [0.3, 0.4) is 0 Å². The van der Waals surface area contributed by atoms with Crippen molar-refractivity contribution in [2.45, 2.75) is 57.5 Å². The smallest absolute Gasteiger partial charge is 0.0825 e. The summed E-state index contributed by atoms with van der Waals surface area (Å²) in [5, 5.41) is 0. The quantitative estimate of drug-likeness (QED) is 0.653. The van der Waals surface area contributed by atoms with Crippen LogP contribution in [0.5, 0.6) is 0 Å². The van der Waals surface area contributed by atoms with Crippen LogP contribution in [0.4, 0.5) is 0 Å². The number of ether oxygens (including phenoxy) is 1. The summed E-state index contributed by atoms with van der Waals surface area (Å²) in [5.74, 6) is 2.22. The van der Waals surface area contributed by atoms with Crippen LogP contribution in [-0.2, 0) is 4.74 Å². The van der Waals surface area contributed by atoms with Crippen LogP contribution in [0, 0.1) is 11.8 Å². The zero-order valence-corrected chi connectivity index (χ0v) is 13.3. The molecule has 0 aromatic heterocycles. The van der Waals surface area contributed by atoms with Gasteiger partial charge in [-0.3, -0.25) is 0 Å². The number of hydrogen-bond acceptors (Lipinski definition) is 1. The lowest BCUT2D eigenvalue weighted by molar-refractivity contribution is -0.0123. The predicted octanol–water partition coefficient (Wildman–Crippen LogP) is 5.63. The second-order valence-corrected chi connectivity index (χ2v) is 7.02. The molecule has 0 bridgehead atoms. The van der Waals surface area contributed by atoms with E-state index in [0.717, 1.165) is 24.4 Å². The van der Waals surface area contributed by atoms with Crippen LogP contribution in [0.15, 0.2) is 36.9 Å². The zero-order valence-electron chi connectivity index (χ0n) is 13.3. The van der Waals surface area contributed by atoms with Gasteiger partial charge in [-0.1, -0.05) is 37.3 Å². The second kappa shape index (κ2) is 6.79. The Bertz CT molecular complexity index is 445. The monoisotopic (exact) mass is 284 g/mol. The molecule has 2 unspecified atom stereocenters. The third-order valence-corrected chi connectivity index (χ3v) is 5.39. The maximum atomic E-state index is 5.98. The van der Waals surface area contributed by atoms with Crippen molar-refractivity contribution in [3.8, 4) is 0 Å². The largest absolute Gasteiger partial charge is 0.373 e. The molecule has 2 atom stereocenters. The van der Waals surface area contributed by atoms with Gasteiger partial charge in [0.2, 0.25) is 0 Å². The van der Waals surface area contributed by atoms with Crippen LogP contribution in [-0.4, -0.2) is 6.61 Å². The molecule has 1 saturated carbocycles. The molecule has 1 aromatic carbocycles. The fraction of sp³-hybridized carbons (Fsp3) is 0.600. The Labute approximate surface area is 129 Å². The van der Waals surface area contributed by atoms with Gasteiger partial charge in [0.15, 0.2) is 0 Å². The Morgan fingerprint density at radius 2 is 1.62 bits per heavy atom. The van der Waals surface area contributed by atoms with E-state index in [0.29, 0.717) is 6.10 Å². The van der Waals surface area contributed by atoms with Crippen molar-refractivity contribution in [3.05, 3.63) is 48.0 Å². The van der Waals surface area contributed by atoms with Crippen LogP contribution >= 0.6 is 0 Å². The Balaban J connectivity index is 1.60. The number of hydrogen-bond donors (Lipinski definition) is 0. The third-order valence-electron chi connectivity index (χ3n) is 5.39. The van der Waals surface area contributed by atoms with E-state index < -0.39 is 0 Å². The van der Waals surface area contributed by atoms with Crippen LogP contribution < -0.4 is 0 Å². The lowest BCUT2D eigenvalue weighted by Crippen LogP contribution is -2.18. The highest BCUT2D eigenvalue weighted by Crippen LogP contribution is 2.37. The molecule has 1 aromatic rings. The molecular weight excluding hydrogens is 256 g/mol. The standard InChI is InChI=1S/C20H28O/c1-3-16-5-7-17(8-6-16)18-9-11-19(12-10-18)20-13-4-15(2)14-21-20/h3,9-12,15-17,20H,1,4-8,13-14H2,2H3. The highest BCUT2D eigenvalue weighted by molar-refractivity contribution is 5.27. The van der Waals surface area contributed by atoms with E-state index in [1.54, 1.807) is 0 Å². The first-order chi connectivity index (χ1) is 10.3. The maximum absolute atomic E-state index is 5.98. The summed E-state index contributed by atoms with van der Waals surface area (Å²) in [4.78, 5) is 0. The van der Waals surface area contributed by atoms with E-state index in [1.807, 2.05) is 0 Å². The van der Waals surface area contributed by atoms with E-state index in [1.165, 1.54) is 49.7 Å². The van der Waals surface area contributed by atoms with Crippen LogP contribution in [0.2, 0.25) is 0 Å².